The van der Waals surface area contributed by atoms with Gasteiger partial charge < -0.3 is 14.6 Å². The summed E-state index contributed by atoms with van der Waals surface area (Å²) in [5.74, 6) is -0.684. The van der Waals surface area contributed by atoms with E-state index in [1.54, 1.807) is 0 Å². The topological polar surface area (TPSA) is 72.8 Å². The number of hydrogen-bond donors (Lipinski definition) is 1. The Morgan fingerprint density at radius 1 is 0.348 bits per heavy atom. The minimum atomic E-state index is -0.804. The van der Waals surface area contributed by atoms with Gasteiger partial charge in [-0.05, 0) is 83.5 Å². The molecule has 1 atom stereocenters. The van der Waals surface area contributed by atoms with Gasteiger partial charge in [0, 0.05) is 12.8 Å². The molecule has 1 unspecified atom stereocenters. The van der Waals surface area contributed by atoms with Crippen LogP contribution >= 0.6 is 0 Å². The second-order valence-corrected chi connectivity index (χ2v) is 17.9. The van der Waals surface area contributed by atoms with Gasteiger partial charge in [-0.1, -0.05) is 258 Å². The highest BCUT2D eigenvalue weighted by atomic mass is 16.6. The van der Waals surface area contributed by atoms with Crippen LogP contribution in [0.15, 0.2) is 109 Å². The maximum atomic E-state index is 12.3. The van der Waals surface area contributed by atoms with E-state index in [4.69, 9.17) is 9.47 Å². The molecule has 0 fully saturated rings. The van der Waals surface area contributed by atoms with Crippen molar-refractivity contribution in [1.29, 1.82) is 0 Å². The maximum absolute atomic E-state index is 12.3. The van der Waals surface area contributed by atoms with Gasteiger partial charge in [-0.15, -0.1) is 0 Å². The first-order valence-electron chi connectivity index (χ1n) is 27.4. The Morgan fingerprint density at radius 3 is 0.970 bits per heavy atom. The molecule has 0 spiro atoms. The maximum Gasteiger partial charge on any atom is 0.306 e. The van der Waals surface area contributed by atoms with Crippen molar-refractivity contribution in [3.63, 3.8) is 0 Å². The van der Waals surface area contributed by atoms with Crippen molar-refractivity contribution in [3.8, 4) is 0 Å². The summed E-state index contributed by atoms with van der Waals surface area (Å²) < 4.78 is 10.6. The molecule has 0 heterocycles. The van der Waals surface area contributed by atoms with E-state index in [0.29, 0.717) is 12.8 Å². The summed E-state index contributed by atoms with van der Waals surface area (Å²) in [7, 11) is 0. The fourth-order valence-electron chi connectivity index (χ4n) is 7.54. The molecule has 0 saturated carbocycles. The number of ether oxygens (including phenoxy) is 2. The molecule has 5 nitrogen and oxygen atoms in total. The van der Waals surface area contributed by atoms with E-state index in [0.717, 1.165) is 77.0 Å². The lowest BCUT2D eigenvalue weighted by molar-refractivity contribution is -0.161. The van der Waals surface area contributed by atoms with E-state index in [9.17, 15) is 14.7 Å². The summed E-state index contributed by atoms with van der Waals surface area (Å²) in [5, 5.41) is 9.60. The highest BCUT2D eigenvalue weighted by molar-refractivity contribution is 5.70. The Morgan fingerprint density at radius 2 is 0.636 bits per heavy atom. The van der Waals surface area contributed by atoms with Gasteiger partial charge in [-0.3, -0.25) is 9.59 Å². The lowest BCUT2D eigenvalue weighted by atomic mass is 10.0. The number of carbonyl (C=O) groups is 2. The van der Waals surface area contributed by atoms with Crippen molar-refractivity contribution in [2.45, 2.75) is 251 Å². The SMILES string of the molecule is CC/C=C\C/C=C\C/C=C\C/C=C\C/C=C\CCCCCCCCCCCCCCCCCCCCCCCCCC(=O)OC(CO)COC(=O)CC/C=C\C/C=C\C/C=C\C/C=C\CC. The fourth-order valence-corrected chi connectivity index (χ4v) is 7.54. The number of carbonyl (C=O) groups excluding carboxylic acids is 2. The molecule has 0 aromatic rings. The number of esters is 2. The molecule has 0 aliphatic heterocycles. The Balaban J connectivity index is 3.45. The molecule has 1 N–H and O–H groups in total. The third-order valence-electron chi connectivity index (χ3n) is 11.6. The summed E-state index contributed by atoms with van der Waals surface area (Å²) in [6.45, 7) is 3.85. The van der Waals surface area contributed by atoms with Crippen LogP contribution in [-0.4, -0.2) is 36.4 Å². The molecule has 0 saturated heterocycles. The van der Waals surface area contributed by atoms with E-state index in [1.165, 1.54) is 135 Å². The van der Waals surface area contributed by atoms with Gasteiger partial charge in [0.1, 0.15) is 6.61 Å². The van der Waals surface area contributed by atoms with Crippen LogP contribution in [0.2, 0.25) is 0 Å². The third-order valence-corrected chi connectivity index (χ3v) is 11.6. The van der Waals surface area contributed by atoms with E-state index in [-0.39, 0.29) is 31.6 Å². The van der Waals surface area contributed by atoms with Crippen LogP contribution in [0.1, 0.15) is 245 Å². The van der Waals surface area contributed by atoms with Crippen LogP contribution in [-0.2, 0) is 19.1 Å². The Bertz CT molecular complexity index is 1310. The molecule has 66 heavy (non-hydrogen) atoms. The molecule has 0 aliphatic carbocycles. The Hall–Kier alpha value is -3.44. The van der Waals surface area contributed by atoms with Gasteiger partial charge in [-0.2, -0.15) is 0 Å². The second-order valence-electron chi connectivity index (χ2n) is 17.9. The fraction of sp³-hybridized carbons (Fsp3) is 0.672. The zero-order valence-electron chi connectivity index (χ0n) is 42.9. The minimum absolute atomic E-state index is 0.106. The van der Waals surface area contributed by atoms with Crippen LogP contribution in [0.3, 0.4) is 0 Å². The van der Waals surface area contributed by atoms with Crippen LogP contribution in [0.4, 0.5) is 0 Å². The van der Waals surface area contributed by atoms with Gasteiger partial charge in [0.2, 0.25) is 0 Å². The van der Waals surface area contributed by atoms with E-state index in [2.05, 4.69) is 111 Å². The summed E-state index contributed by atoms with van der Waals surface area (Å²) in [4.78, 5) is 24.3. The summed E-state index contributed by atoms with van der Waals surface area (Å²) in [5.41, 5.74) is 0. The van der Waals surface area contributed by atoms with E-state index < -0.39 is 6.10 Å². The zero-order chi connectivity index (χ0) is 47.7. The smallest absolute Gasteiger partial charge is 0.306 e. The van der Waals surface area contributed by atoms with Gasteiger partial charge in [0.05, 0.1) is 6.61 Å². The standard InChI is InChI=1S/C61H102O5/c1-3-5-7-9-11-13-15-17-18-19-20-21-22-23-24-25-26-27-28-29-30-31-32-33-34-35-36-37-38-39-40-41-42-44-46-48-50-52-54-56-61(64)66-59(57-62)58-65-60(63)55-53-51-49-47-45-43-16-14-12-10-8-6-4-2/h5-8,11-14,17-18,20-21,23-24,43,45,49,51,59,62H,3-4,9-10,15-16,19,22,25-42,44,46-48,50,52-58H2,1-2H3/b7-5-,8-6-,13-11-,14-12-,18-17-,21-20-,24-23-,45-43-,51-49-. The predicted molar refractivity (Wildman–Crippen MR) is 288 cm³/mol. The highest BCUT2D eigenvalue weighted by Gasteiger charge is 2.16. The van der Waals surface area contributed by atoms with Crippen molar-refractivity contribution in [1.82, 2.24) is 0 Å². The lowest BCUT2D eigenvalue weighted by Gasteiger charge is -2.15. The third kappa shape index (κ3) is 53.2. The van der Waals surface area contributed by atoms with Crippen LogP contribution < -0.4 is 0 Å². The molecule has 0 aliphatic rings. The average molecular weight is 915 g/mol. The number of unbranched alkanes of at least 4 members (excludes halogenated alkanes) is 23. The van der Waals surface area contributed by atoms with Crippen LogP contribution in [0.5, 0.6) is 0 Å². The quantitative estimate of drug-likeness (QED) is 0.0374. The van der Waals surface area contributed by atoms with Crippen molar-refractivity contribution in [2.75, 3.05) is 13.2 Å². The molecule has 0 aromatic carbocycles. The molecule has 0 amide bonds. The normalized spacial score (nSPS) is 13.1. The number of aliphatic hydroxyl groups is 1. The molecule has 0 rings (SSSR count). The summed E-state index contributed by atoms with van der Waals surface area (Å²) in [6.07, 6.45) is 81.0. The molecular formula is C61H102O5. The molecule has 0 bridgehead atoms. The van der Waals surface area contributed by atoms with E-state index in [1.807, 2.05) is 12.2 Å². The Kier molecular flexibility index (Phi) is 53.0. The minimum Gasteiger partial charge on any atom is -0.462 e. The summed E-state index contributed by atoms with van der Waals surface area (Å²) >= 11 is 0. The average Bonchev–Trinajstić information content (AvgIpc) is 3.32. The number of hydrogen-bond acceptors (Lipinski definition) is 5. The van der Waals surface area contributed by atoms with E-state index >= 15 is 0 Å². The van der Waals surface area contributed by atoms with Crippen molar-refractivity contribution >= 4 is 11.9 Å². The first-order chi connectivity index (χ1) is 32.6. The monoisotopic (exact) mass is 915 g/mol. The molecule has 5 heteroatoms. The predicted octanol–water partition coefficient (Wildman–Crippen LogP) is 18.5. The second kappa shape index (κ2) is 55.9. The van der Waals surface area contributed by atoms with Gasteiger partial charge in [0.15, 0.2) is 6.10 Å². The molecular weight excluding hydrogens is 813 g/mol. The first kappa shape index (κ1) is 62.6. The van der Waals surface area contributed by atoms with Gasteiger partial charge in [0.25, 0.3) is 0 Å². The number of allylic oxidation sites excluding steroid dienone is 18. The summed E-state index contributed by atoms with van der Waals surface area (Å²) in [6, 6.07) is 0. The van der Waals surface area contributed by atoms with Crippen LogP contribution in [0, 0.1) is 0 Å². The van der Waals surface area contributed by atoms with Crippen molar-refractivity contribution in [3.05, 3.63) is 109 Å². The first-order valence-corrected chi connectivity index (χ1v) is 27.4. The number of aliphatic hydroxyl groups excluding tert-OH is 1. The van der Waals surface area contributed by atoms with Crippen molar-refractivity contribution in [2.24, 2.45) is 0 Å². The number of rotatable bonds is 49. The van der Waals surface area contributed by atoms with Crippen LogP contribution in [0.25, 0.3) is 0 Å². The van der Waals surface area contributed by atoms with Gasteiger partial charge in [-0.25, -0.2) is 0 Å². The molecule has 376 valence electrons. The highest BCUT2D eigenvalue weighted by Crippen LogP contribution is 2.16. The largest absolute Gasteiger partial charge is 0.462 e. The molecule has 0 aromatic heterocycles. The van der Waals surface area contributed by atoms with Crippen molar-refractivity contribution < 1.29 is 24.2 Å². The zero-order valence-corrected chi connectivity index (χ0v) is 42.9. The van der Waals surface area contributed by atoms with Gasteiger partial charge >= 0.3 is 11.9 Å². The molecule has 0 radical (unpaired) electrons. The Labute approximate surface area is 408 Å². The lowest BCUT2D eigenvalue weighted by Crippen LogP contribution is -2.28.